The van der Waals surface area contributed by atoms with Crippen LogP contribution in [-0.2, 0) is 16.1 Å². The molecule has 6 heteroatoms. The van der Waals surface area contributed by atoms with Crippen molar-refractivity contribution in [2.75, 3.05) is 26.2 Å². The van der Waals surface area contributed by atoms with E-state index in [1.165, 1.54) is 12.8 Å². The SMILES string of the molecule is O=C(NCc1ccccn1)[C@@H]1CCCN(C2CCN(C(=O)CC3CC3)CC2)C1. The highest BCUT2D eigenvalue weighted by molar-refractivity contribution is 5.79. The first-order valence-electron chi connectivity index (χ1n) is 10.9. The van der Waals surface area contributed by atoms with E-state index in [-0.39, 0.29) is 11.8 Å². The molecule has 0 aromatic carbocycles. The van der Waals surface area contributed by atoms with E-state index in [0.29, 0.717) is 24.4 Å². The Morgan fingerprint density at radius 1 is 1.07 bits per heavy atom. The Hall–Kier alpha value is -1.95. The highest BCUT2D eigenvalue weighted by Crippen LogP contribution is 2.33. The summed E-state index contributed by atoms with van der Waals surface area (Å²) in [5.41, 5.74) is 0.895. The summed E-state index contributed by atoms with van der Waals surface area (Å²) in [6.07, 6.45) is 9.10. The monoisotopic (exact) mass is 384 g/mol. The lowest BCUT2D eigenvalue weighted by atomic mass is 9.93. The lowest BCUT2D eigenvalue weighted by Crippen LogP contribution is -2.51. The Balaban J connectivity index is 1.22. The fourth-order valence-corrected chi connectivity index (χ4v) is 4.56. The van der Waals surface area contributed by atoms with E-state index in [2.05, 4.69) is 20.1 Å². The third-order valence-electron chi connectivity index (χ3n) is 6.49. The van der Waals surface area contributed by atoms with E-state index in [1.807, 2.05) is 18.2 Å². The minimum Gasteiger partial charge on any atom is -0.350 e. The summed E-state index contributed by atoms with van der Waals surface area (Å²) in [6, 6.07) is 6.27. The highest BCUT2D eigenvalue weighted by atomic mass is 16.2. The van der Waals surface area contributed by atoms with Crippen LogP contribution >= 0.6 is 0 Å². The minimum absolute atomic E-state index is 0.0620. The number of hydrogen-bond acceptors (Lipinski definition) is 4. The molecule has 2 amide bonds. The topological polar surface area (TPSA) is 65.5 Å². The summed E-state index contributed by atoms with van der Waals surface area (Å²) in [5.74, 6) is 1.23. The fourth-order valence-electron chi connectivity index (χ4n) is 4.56. The van der Waals surface area contributed by atoms with Gasteiger partial charge in [-0.05, 0) is 63.1 Å². The first kappa shape index (κ1) is 19.4. The Morgan fingerprint density at radius 2 is 1.89 bits per heavy atom. The number of likely N-dealkylation sites (tertiary alicyclic amines) is 2. The predicted molar refractivity (Wildman–Crippen MR) is 107 cm³/mol. The number of pyridine rings is 1. The number of nitrogens with zero attached hydrogens (tertiary/aromatic N) is 3. The van der Waals surface area contributed by atoms with Gasteiger partial charge in [0.15, 0.2) is 0 Å². The van der Waals surface area contributed by atoms with Crippen molar-refractivity contribution >= 4 is 11.8 Å². The molecule has 1 aromatic rings. The van der Waals surface area contributed by atoms with E-state index >= 15 is 0 Å². The van der Waals surface area contributed by atoms with E-state index in [9.17, 15) is 9.59 Å². The van der Waals surface area contributed by atoms with Crippen LogP contribution in [-0.4, -0.2) is 58.8 Å². The minimum atomic E-state index is 0.0620. The first-order valence-corrected chi connectivity index (χ1v) is 10.9. The molecule has 6 nitrogen and oxygen atoms in total. The van der Waals surface area contributed by atoms with Gasteiger partial charge >= 0.3 is 0 Å². The third kappa shape index (κ3) is 5.10. The molecule has 1 saturated carbocycles. The molecule has 1 atom stereocenters. The van der Waals surface area contributed by atoms with Gasteiger partial charge in [0.25, 0.3) is 0 Å². The maximum atomic E-state index is 12.6. The zero-order valence-corrected chi connectivity index (χ0v) is 16.7. The van der Waals surface area contributed by atoms with Crippen LogP contribution < -0.4 is 5.32 Å². The normalized spacial score (nSPS) is 24.1. The van der Waals surface area contributed by atoms with E-state index in [4.69, 9.17) is 0 Å². The molecule has 1 N–H and O–H groups in total. The molecule has 0 spiro atoms. The van der Waals surface area contributed by atoms with Crippen molar-refractivity contribution in [2.24, 2.45) is 11.8 Å². The van der Waals surface area contributed by atoms with Crippen LogP contribution in [0.5, 0.6) is 0 Å². The van der Waals surface area contributed by atoms with Crippen LogP contribution in [0.25, 0.3) is 0 Å². The van der Waals surface area contributed by atoms with Gasteiger partial charge < -0.3 is 10.2 Å². The van der Waals surface area contributed by atoms with Gasteiger partial charge in [-0.15, -0.1) is 0 Å². The van der Waals surface area contributed by atoms with Gasteiger partial charge in [0.2, 0.25) is 11.8 Å². The Labute approximate surface area is 167 Å². The van der Waals surface area contributed by atoms with Crippen molar-refractivity contribution in [3.8, 4) is 0 Å². The number of aromatic nitrogens is 1. The second kappa shape index (κ2) is 9.03. The summed E-state index contributed by atoms with van der Waals surface area (Å²) >= 11 is 0. The van der Waals surface area contributed by atoms with E-state index in [1.54, 1.807) is 6.20 Å². The van der Waals surface area contributed by atoms with Crippen molar-refractivity contribution in [3.05, 3.63) is 30.1 Å². The van der Waals surface area contributed by atoms with E-state index in [0.717, 1.165) is 64.0 Å². The van der Waals surface area contributed by atoms with Gasteiger partial charge in [-0.2, -0.15) is 0 Å². The molecular formula is C22H32N4O2. The Morgan fingerprint density at radius 3 is 2.61 bits per heavy atom. The van der Waals surface area contributed by atoms with Crippen LogP contribution in [0.3, 0.4) is 0 Å². The van der Waals surface area contributed by atoms with Crippen LogP contribution in [0.1, 0.15) is 50.6 Å². The number of rotatable bonds is 6. The van der Waals surface area contributed by atoms with Gasteiger partial charge in [0, 0.05) is 38.3 Å². The van der Waals surface area contributed by atoms with E-state index < -0.39 is 0 Å². The highest BCUT2D eigenvalue weighted by Gasteiger charge is 2.33. The Kier molecular flexibility index (Phi) is 6.25. The average Bonchev–Trinajstić information content (AvgIpc) is 3.57. The molecule has 0 unspecified atom stereocenters. The molecule has 0 bridgehead atoms. The number of carbonyl (C=O) groups is 2. The molecule has 3 heterocycles. The summed E-state index contributed by atoms with van der Waals surface area (Å²) in [4.78, 5) is 33.8. The quantitative estimate of drug-likeness (QED) is 0.817. The number of hydrogen-bond donors (Lipinski definition) is 1. The fraction of sp³-hybridized carbons (Fsp3) is 0.682. The van der Waals surface area contributed by atoms with Crippen molar-refractivity contribution in [1.82, 2.24) is 20.1 Å². The largest absolute Gasteiger partial charge is 0.350 e. The standard InChI is InChI=1S/C22H32N4O2/c27-21(14-17-6-7-17)25-12-8-20(9-13-25)26-11-3-4-18(16-26)22(28)24-15-19-5-1-2-10-23-19/h1-2,5,10,17-18,20H,3-4,6-9,11-16H2,(H,24,28)/t18-/m1/s1. The summed E-state index contributed by atoms with van der Waals surface area (Å²) in [7, 11) is 0. The first-order chi connectivity index (χ1) is 13.7. The van der Waals surface area contributed by atoms with Crippen molar-refractivity contribution < 1.29 is 9.59 Å². The Bertz CT molecular complexity index is 668. The maximum absolute atomic E-state index is 12.6. The average molecular weight is 385 g/mol. The smallest absolute Gasteiger partial charge is 0.224 e. The second-order valence-electron chi connectivity index (χ2n) is 8.63. The van der Waals surface area contributed by atoms with Gasteiger partial charge in [0.05, 0.1) is 18.2 Å². The van der Waals surface area contributed by atoms with Crippen LogP contribution in [0.2, 0.25) is 0 Å². The van der Waals surface area contributed by atoms with Gasteiger partial charge in [-0.25, -0.2) is 0 Å². The van der Waals surface area contributed by atoms with Gasteiger partial charge in [-0.1, -0.05) is 6.07 Å². The molecule has 2 saturated heterocycles. The maximum Gasteiger partial charge on any atom is 0.224 e. The van der Waals surface area contributed by atoms with Crippen molar-refractivity contribution in [2.45, 2.75) is 57.5 Å². The predicted octanol–water partition coefficient (Wildman–Crippen LogP) is 2.20. The van der Waals surface area contributed by atoms with Gasteiger partial charge in [0.1, 0.15) is 0 Å². The number of amides is 2. The zero-order chi connectivity index (χ0) is 19.3. The second-order valence-corrected chi connectivity index (χ2v) is 8.63. The third-order valence-corrected chi connectivity index (χ3v) is 6.49. The molecule has 28 heavy (non-hydrogen) atoms. The number of carbonyl (C=O) groups excluding carboxylic acids is 2. The van der Waals surface area contributed by atoms with Crippen LogP contribution in [0.4, 0.5) is 0 Å². The summed E-state index contributed by atoms with van der Waals surface area (Å²) < 4.78 is 0. The van der Waals surface area contributed by atoms with Crippen LogP contribution in [0, 0.1) is 11.8 Å². The lowest BCUT2D eigenvalue weighted by Gasteiger charge is -2.42. The molecule has 1 aliphatic carbocycles. The van der Waals surface area contributed by atoms with Gasteiger partial charge in [-0.3, -0.25) is 19.5 Å². The molecule has 0 radical (unpaired) electrons. The molecule has 3 fully saturated rings. The number of piperidine rings is 2. The van der Waals surface area contributed by atoms with Crippen molar-refractivity contribution in [3.63, 3.8) is 0 Å². The zero-order valence-electron chi connectivity index (χ0n) is 16.7. The molecule has 152 valence electrons. The number of nitrogens with one attached hydrogen (secondary N) is 1. The molecule has 1 aromatic heterocycles. The van der Waals surface area contributed by atoms with Crippen molar-refractivity contribution in [1.29, 1.82) is 0 Å². The molecular weight excluding hydrogens is 352 g/mol. The lowest BCUT2D eigenvalue weighted by molar-refractivity contribution is -0.133. The van der Waals surface area contributed by atoms with Crippen LogP contribution in [0.15, 0.2) is 24.4 Å². The summed E-state index contributed by atoms with van der Waals surface area (Å²) in [5, 5.41) is 3.06. The molecule has 3 aliphatic rings. The molecule has 4 rings (SSSR count). The molecule has 2 aliphatic heterocycles. The summed E-state index contributed by atoms with van der Waals surface area (Å²) in [6.45, 7) is 4.17.